The van der Waals surface area contributed by atoms with E-state index in [9.17, 15) is 20.0 Å². The summed E-state index contributed by atoms with van der Waals surface area (Å²) in [5.74, 6) is 0.101. The third-order valence-corrected chi connectivity index (χ3v) is 3.85. The first-order valence-corrected chi connectivity index (χ1v) is 7.18. The highest BCUT2D eigenvalue weighted by Gasteiger charge is 2.23. The SMILES string of the molecule is O=C(CCn1cc([N+](=O)[O-])cn1)NCC(O)C1CCCC1. The molecule has 0 bridgehead atoms. The van der Waals surface area contributed by atoms with Crippen LogP contribution in [0.25, 0.3) is 0 Å². The zero-order chi connectivity index (χ0) is 15.2. The lowest BCUT2D eigenvalue weighted by Crippen LogP contribution is -2.35. The van der Waals surface area contributed by atoms with Crippen LogP contribution in [0.3, 0.4) is 0 Å². The molecule has 8 nitrogen and oxygen atoms in total. The molecule has 8 heteroatoms. The van der Waals surface area contributed by atoms with Crippen molar-refractivity contribution in [3.63, 3.8) is 0 Å². The second-order valence-electron chi connectivity index (χ2n) is 5.38. The third kappa shape index (κ3) is 4.52. The van der Waals surface area contributed by atoms with Crippen LogP contribution in [0.2, 0.25) is 0 Å². The van der Waals surface area contributed by atoms with Gasteiger partial charge < -0.3 is 10.4 Å². The summed E-state index contributed by atoms with van der Waals surface area (Å²) in [6.07, 6.45) is 6.48. The van der Waals surface area contributed by atoms with E-state index in [0.717, 1.165) is 31.9 Å². The van der Waals surface area contributed by atoms with Crippen LogP contribution in [0, 0.1) is 16.0 Å². The quantitative estimate of drug-likeness (QED) is 0.572. The number of aliphatic hydroxyl groups is 1. The summed E-state index contributed by atoms with van der Waals surface area (Å²) in [6, 6.07) is 0. The average molecular weight is 296 g/mol. The van der Waals surface area contributed by atoms with Crippen LogP contribution in [0.4, 0.5) is 5.69 Å². The lowest BCUT2D eigenvalue weighted by Gasteiger charge is -2.18. The Kier molecular flexibility index (Phi) is 5.26. The summed E-state index contributed by atoms with van der Waals surface area (Å²) in [5.41, 5.74) is -0.0907. The molecule has 1 saturated carbocycles. The zero-order valence-corrected chi connectivity index (χ0v) is 11.8. The number of carbonyl (C=O) groups is 1. The van der Waals surface area contributed by atoms with Crippen LogP contribution < -0.4 is 5.32 Å². The number of carbonyl (C=O) groups excluding carboxylic acids is 1. The molecule has 0 aromatic carbocycles. The van der Waals surface area contributed by atoms with Crippen molar-refractivity contribution in [1.82, 2.24) is 15.1 Å². The van der Waals surface area contributed by atoms with Gasteiger partial charge in [0.15, 0.2) is 0 Å². The van der Waals surface area contributed by atoms with E-state index in [4.69, 9.17) is 0 Å². The molecule has 116 valence electrons. The monoisotopic (exact) mass is 296 g/mol. The van der Waals surface area contributed by atoms with Crippen molar-refractivity contribution in [1.29, 1.82) is 0 Å². The predicted molar refractivity (Wildman–Crippen MR) is 74.5 cm³/mol. The van der Waals surface area contributed by atoms with E-state index < -0.39 is 11.0 Å². The van der Waals surface area contributed by atoms with Crippen LogP contribution in [0.15, 0.2) is 12.4 Å². The van der Waals surface area contributed by atoms with Crippen molar-refractivity contribution < 1.29 is 14.8 Å². The number of nitrogens with one attached hydrogen (secondary N) is 1. The highest BCUT2D eigenvalue weighted by Crippen LogP contribution is 2.27. The average Bonchev–Trinajstić information content (AvgIpc) is 3.13. The number of hydrogen-bond donors (Lipinski definition) is 2. The molecule has 1 aromatic heterocycles. The molecule has 0 saturated heterocycles. The normalized spacial score (nSPS) is 16.8. The maximum Gasteiger partial charge on any atom is 0.306 e. The van der Waals surface area contributed by atoms with Gasteiger partial charge in [0.05, 0.1) is 11.0 Å². The van der Waals surface area contributed by atoms with Crippen molar-refractivity contribution >= 4 is 11.6 Å². The Morgan fingerprint density at radius 1 is 1.57 bits per heavy atom. The molecule has 0 radical (unpaired) electrons. The van der Waals surface area contributed by atoms with Gasteiger partial charge >= 0.3 is 5.69 Å². The van der Waals surface area contributed by atoms with Crippen molar-refractivity contribution in [2.45, 2.75) is 44.8 Å². The van der Waals surface area contributed by atoms with Crippen molar-refractivity contribution in [2.24, 2.45) is 5.92 Å². The molecule has 1 unspecified atom stereocenters. The maximum atomic E-state index is 11.7. The van der Waals surface area contributed by atoms with E-state index in [1.54, 1.807) is 0 Å². The standard InChI is InChI=1S/C13H20N4O4/c18-12(10-3-1-2-4-10)8-14-13(19)5-6-16-9-11(7-15-16)17(20)21/h7,9-10,12,18H,1-6,8H2,(H,14,19). The molecule has 1 aliphatic rings. The molecule has 0 aliphatic heterocycles. The summed E-state index contributed by atoms with van der Waals surface area (Å²) < 4.78 is 1.37. The molecule has 0 spiro atoms. The fourth-order valence-corrected chi connectivity index (χ4v) is 2.60. The van der Waals surface area contributed by atoms with Gasteiger partial charge in [-0.2, -0.15) is 5.10 Å². The van der Waals surface area contributed by atoms with Crippen LogP contribution in [-0.4, -0.2) is 38.4 Å². The molecule has 2 N–H and O–H groups in total. The van der Waals surface area contributed by atoms with Gasteiger partial charge in [-0.05, 0) is 18.8 Å². The number of aliphatic hydroxyl groups excluding tert-OH is 1. The molecule has 1 fully saturated rings. The summed E-state index contributed by atoms with van der Waals surface area (Å²) in [4.78, 5) is 21.7. The molecule has 1 aromatic rings. The summed E-state index contributed by atoms with van der Waals surface area (Å²) in [5, 5.41) is 26.9. The van der Waals surface area contributed by atoms with Gasteiger partial charge in [-0.25, -0.2) is 0 Å². The Morgan fingerprint density at radius 3 is 2.90 bits per heavy atom. The summed E-state index contributed by atoms with van der Waals surface area (Å²) >= 11 is 0. The minimum atomic E-state index is -0.526. The lowest BCUT2D eigenvalue weighted by atomic mass is 10.0. The highest BCUT2D eigenvalue weighted by molar-refractivity contribution is 5.75. The molecule has 2 rings (SSSR count). The number of nitrogens with zero attached hydrogens (tertiary/aromatic N) is 3. The van der Waals surface area contributed by atoms with E-state index in [-0.39, 0.29) is 31.1 Å². The Bertz CT molecular complexity index is 496. The highest BCUT2D eigenvalue weighted by atomic mass is 16.6. The second-order valence-corrected chi connectivity index (χ2v) is 5.38. The van der Waals surface area contributed by atoms with Crippen LogP contribution in [0.1, 0.15) is 32.1 Å². The minimum absolute atomic E-state index is 0.0907. The largest absolute Gasteiger partial charge is 0.391 e. The van der Waals surface area contributed by atoms with E-state index in [1.807, 2.05) is 0 Å². The maximum absolute atomic E-state index is 11.7. The first kappa shape index (κ1) is 15.4. The molecular weight excluding hydrogens is 276 g/mol. The molecule has 1 amide bonds. The van der Waals surface area contributed by atoms with Gasteiger partial charge in [0.2, 0.25) is 5.91 Å². The molecule has 1 heterocycles. The van der Waals surface area contributed by atoms with Crippen LogP contribution in [-0.2, 0) is 11.3 Å². The van der Waals surface area contributed by atoms with Gasteiger partial charge in [-0.3, -0.25) is 19.6 Å². The number of amides is 1. The zero-order valence-electron chi connectivity index (χ0n) is 11.8. The third-order valence-electron chi connectivity index (χ3n) is 3.85. The number of hydrogen-bond acceptors (Lipinski definition) is 5. The Morgan fingerprint density at radius 2 is 2.29 bits per heavy atom. The first-order valence-electron chi connectivity index (χ1n) is 7.18. The minimum Gasteiger partial charge on any atom is -0.391 e. The lowest BCUT2D eigenvalue weighted by molar-refractivity contribution is -0.385. The van der Waals surface area contributed by atoms with Crippen molar-refractivity contribution in [3.05, 3.63) is 22.5 Å². The van der Waals surface area contributed by atoms with Gasteiger partial charge in [0.1, 0.15) is 12.4 Å². The topological polar surface area (TPSA) is 110 Å². The van der Waals surface area contributed by atoms with Crippen molar-refractivity contribution in [2.75, 3.05) is 6.54 Å². The van der Waals surface area contributed by atoms with Crippen LogP contribution in [0.5, 0.6) is 0 Å². The molecule has 1 atom stereocenters. The summed E-state index contributed by atoms with van der Waals surface area (Å²) in [7, 11) is 0. The molecule has 21 heavy (non-hydrogen) atoms. The Labute approximate surface area is 122 Å². The van der Waals surface area contributed by atoms with E-state index >= 15 is 0 Å². The Hall–Kier alpha value is -1.96. The number of nitro groups is 1. The van der Waals surface area contributed by atoms with Gasteiger partial charge in [0.25, 0.3) is 0 Å². The Balaban J connectivity index is 1.68. The summed E-state index contributed by atoms with van der Waals surface area (Å²) in [6.45, 7) is 0.544. The first-order chi connectivity index (χ1) is 10.1. The van der Waals surface area contributed by atoms with Crippen LogP contribution >= 0.6 is 0 Å². The number of aryl methyl sites for hydroxylation is 1. The van der Waals surface area contributed by atoms with Crippen molar-refractivity contribution in [3.8, 4) is 0 Å². The predicted octanol–water partition coefficient (Wildman–Crippen LogP) is 0.849. The van der Waals surface area contributed by atoms with E-state index in [1.165, 1.54) is 10.9 Å². The fraction of sp³-hybridized carbons (Fsp3) is 0.692. The molecular formula is C13H20N4O4. The van der Waals surface area contributed by atoms with E-state index in [2.05, 4.69) is 10.4 Å². The van der Waals surface area contributed by atoms with Gasteiger partial charge in [-0.15, -0.1) is 0 Å². The second kappa shape index (κ2) is 7.16. The fourth-order valence-electron chi connectivity index (χ4n) is 2.60. The van der Waals surface area contributed by atoms with E-state index in [0.29, 0.717) is 5.92 Å². The number of aromatic nitrogens is 2. The number of rotatable bonds is 7. The van der Waals surface area contributed by atoms with Gasteiger partial charge in [0, 0.05) is 19.5 Å². The van der Waals surface area contributed by atoms with Gasteiger partial charge in [-0.1, -0.05) is 12.8 Å². The smallest absolute Gasteiger partial charge is 0.306 e. The molecule has 1 aliphatic carbocycles.